The molecule has 1 aromatic carbocycles. The Morgan fingerprint density at radius 3 is 2.92 bits per heavy atom. The summed E-state index contributed by atoms with van der Waals surface area (Å²) in [7, 11) is 0. The number of hydrogen-bond donors (Lipinski definition) is 1. The highest BCUT2D eigenvalue weighted by molar-refractivity contribution is 7.99. The normalized spacial score (nSPS) is 11.0. The van der Waals surface area contributed by atoms with Crippen LogP contribution in [0.15, 0.2) is 56.8 Å². The van der Waals surface area contributed by atoms with Gasteiger partial charge in [-0.05, 0) is 23.6 Å². The van der Waals surface area contributed by atoms with Crippen LogP contribution in [0, 0.1) is 0 Å². The van der Waals surface area contributed by atoms with Crippen LogP contribution in [0.5, 0.6) is 0 Å². The number of anilines is 1. The topological polar surface area (TPSA) is 68.0 Å². The van der Waals surface area contributed by atoms with E-state index in [0.717, 1.165) is 21.7 Å². The van der Waals surface area contributed by atoms with Crippen LogP contribution >= 0.6 is 34.4 Å². The number of hydrogen-bond acceptors (Lipinski definition) is 7. The zero-order valence-electron chi connectivity index (χ0n) is 13.0. The van der Waals surface area contributed by atoms with Crippen molar-refractivity contribution in [3.8, 4) is 10.6 Å². The first-order chi connectivity index (χ1) is 12.3. The van der Waals surface area contributed by atoms with Crippen LogP contribution in [0.1, 0.15) is 6.42 Å². The SMILES string of the molecule is O=C(CCSc1nc2ccccc2o1)Nc1nc(-c2cccs2)cs1. The molecular formula is C17H13N3O2S3. The molecule has 0 bridgehead atoms. The fraction of sp³-hybridized carbons (Fsp3) is 0.118. The molecule has 0 fully saturated rings. The van der Waals surface area contributed by atoms with E-state index in [2.05, 4.69) is 15.3 Å². The van der Waals surface area contributed by atoms with Gasteiger partial charge in [0.1, 0.15) is 5.52 Å². The minimum Gasteiger partial charge on any atom is -0.431 e. The standard InChI is InChI=1S/C17H13N3O2S3/c21-15(20-16-18-12(10-25-16)14-6-3-8-23-14)7-9-24-17-19-11-4-1-2-5-13(11)22-17/h1-6,8,10H,7,9H2,(H,18,20,21). The van der Waals surface area contributed by atoms with Crippen LogP contribution in [0.25, 0.3) is 21.7 Å². The second-order valence-electron chi connectivity index (χ2n) is 5.11. The van der Waals surface area contributed by atoms with Gasteiger partial charge in [0.2, 0.25) is 5.91 Å². The number of fused-ring (bicyclic) bond motifs is 1. The van der Waals surface area contributed by atoms with Crippen LogP contribution < -0.4 is 5.32 Å². The quantitative estimate of drug-likeness (QED) is 0.464. The summed E-state index contributed by atoms with van der Waals surface area (Å²) in [6, 6.07) is 11.6. The van der Waals surface area contributed by atoms with Gasteiger partial charge in [-0.15, -0.1) is 22.7 Å². The fourth-order valence-electron chi connectivity index (χ4n) is 2.19. The van der Waals surface area contributed by atoms with E-state index in [1.807, 2.05) is 47.2 Å². The van der Waals surface area contributed by atoms with Crippen molar-refractivity contribution in [2.24, 2.45) is 0 Å². The van der Waals surface area contributed by atoms with Crippen molar-refractivity contribution in [2.45, 2.75) is 11.6 Å². The zero-order valence-corrected chi connectivity index (χ0v) is 15.4. The molecule has 0 spiro atoms. The number of amides is 1. The Labute approximate surface area is 156 Å². The molecule has 1 amide bonds. The number of benzene rings is 1. The first-order valence-electron chi connectivity index (χ1n) is 7.55. The van der Waals surface area contributed by atoms with Gasteiger partial charge in [0.25, 0.3) is 5.22 Å². The molecule has 3 heterocycles. The maximum atomic E-state index is 12.1. The summed E-state index contributed by atoms with van der Waals surface area (Å²) >= 11 is 4.50. The van der Waals surface area contributed by atoms with Gasteiger partial charge in [-0.1, -0.05) is 30.0 Å². The predicted molar refractivity (Wildman–Crippen MR) is 103 cm³/mol. The summed E-state index contributed by atoms with van der Waals surface area (Å²) in [5.74, 6) is 0.539. The number of carbonyl (C=O) groups is 1. The van der Waals surface area contributed by atoms with Crippen molar-refractivity contribution in [2.75, 3.05) is 11.1 Å². The number of thioether (sulfide) groups is 1. The average molecular weight is 388 g/mol. The molecule has 4 rings (SSSR count). The van der Waals surface area contributed by atoms with Gasteiger partial charge in [-0.3, -0.25) is 4.79 Å². The average Bonchev–Trinajstić information content (AvgIpc) is 3.34. The van der Waals surface area contributed by atoms with Crippen LogP contribution in [0.2, 0.25) is 0 Å². The molecule has 25 heavy (non-hydrogen) atoms. The molecule has 8 heteroatoms. The first-order valence-corrected chi connectivity index (χ1v) is 10.3. The summed E-state index contributed by atoms with van der Waals surface area (Å²) in [5, 5.41) is 8.02. The molecule has 0 saturated heterocycles. The van der Waals surface area contributed by atoms with Crippen LogP contribution in [-0.4, -0.2) is 21.6 Å². The smallest absolute Gasteiger partial charge is 0.256 e. The van der Waals surface area contributed by atoms with Crippen LogP contribution in [-0.2, 0) is 4.79 Å². The Morgan fingerprint density at radius 1 is 1.16 bits per heavy atom. The van der Waals surface area contributed by atoms with Crippen molar-refractivity contribution in [3.63, 3.8) is 0 Å². The Hall–Kier alpha value is -2.16. The maximum Gasteiger partial charge on any atom is 0.256 e. The number of nitrogens with zero attached hydrogens (tertiary/aromatic N) is 2. The fourth-order valence-corrected chi connectivity index (χ4v) is 4.46. The van der Waals surface area contributed by atoms with Gasteiger partial charge in [0.15, 0.2) is 10.7 Å². The lowest BCUT2D eigenvalue weighted by molar-refractivity contribution is -0.115. The Morgan fingerprint density at radius 2 is 2.08 bits per heavy atom. The third-order valence-electron chi connectivity index (χ3n) is 3.35. The number of para-hydroxylation sites is 2. The summed E-state index contributed by atoms with van der Waals surface area (Å²) in [6.07, 6.45) is 0.372. The number of thiazole rings is 1. The maximum absolute atomic E-state index is 12.1. The van der Waals surface area contributed by atoms with E-state index in [9.17, 15) is 4.79 Å². The molecule has 0 unspecified atom stereocenters. The van der Waals surface area contributed by atoms with Crippen molar-refractivity contribution < 1.29 is 9.21 Å². The predicted octanol–water partition coefficient (Wildman–Crippen LogP) is 5.13. The van der Waals surface area contributed by atoms with E-state index in [1.165, 1.54) is 23.1 Å². The zero-order chi connectivity index (χ0) is 17.1. The minimum atomic E-state index is -0.0595. The van der Waals surface area contributed by atoms with E-state index >= 15 is 0 Å². The summed E-state index contributed by atoms with van der Waals surface area (Å²) in [6.45, 7) is 0. The summed E-state index contributed by atoms with van der Waals surface area (Å²) in [4.78, 5) is 22.0. The number of rotatable bonds is 6. The largest absolute Gasteiger partial charge is 0.431 e. The Kier molecular flexibility index (Phi) is 4.82. The van der Waals surface area contributed by atoms with Gasteiger partial charge >= 0.3 is 0 Å². The molecule has 0 atom stereocenters. The lowest BCUT2D eigenvalue weighted by Crippen LogP contribution is -2.11. The summed E-state index contributed by atoms with van der Waals surface area (Å²) in [5.41, 5.74) is 2.49. The number of aromatic nitrogens is 2. The summed E-state index contributed by atoms with van der Waals surface area (Å²) < 4.78 is 5.62. The molecule has 0 aliphatic carbocycles. The van der Waals surface area contributed by atoms with E-state index in [-0.39, 0.29) is 5.91 Å². The molecule has 1 N–H and O–H groups in total. The third-order valence-corrected chi connectivity index (χ3v) is 5.83. The van der Waals surface area contributed by atoms with Gasteiger partial charge < -0.3 is 9.73 Å². The van der Waals surface area contributed by atoms with Gasteiger partial charge in [0.05, 0.1) is 10.6 Å². The lowest BCUT2D eigenvalue weighted by Gasteiger charge is -2.00. The molecular weight excluding hydrogens is 374 g/mol. The monoisotopic (exact) mass is 387 g/mol. The van der Waals surface area contributed by atoms with Crippen molar-refractivity contribution in [1.82, 2.24) is 9.97 Å². The van der Waals surface area contributed by atoms with Crippen LogP contribution in [0.3, 0.4) is 0 Å². The highest BCUT2D eigenvalue weighted by Crippen LogP contribution is 2.28. The highest BCUT2D eigenvalue weighted by Gasteiger charge is 2.10. The van der Waals surface area contributed by atoms with E-state index in [4.69, 9.17) is 4.42 Å². The number of carbonyl (C=O) groups excluding carboxylic acids is 1. The molecule has 0 aliphatic rings. The van der Waals surface area contributed by atoms with Gasteiger partial charge in [-0.2, -0.15) is 0 Å². The molecule has 4 aromatic rings. The van der Waals surface area contributed by atoms with E-state index in [0.29, 0.717) is 22.5 Å². The van der Waals surface area contributed by atoms with Gasteiger partial charge in [0, 0.05) is 17.6 Å². The minimum absolute atomic E-state index is 0.0595. The molecule has 0 aliphatic heterocycles. The molecule has 126 valence electrons. The van der Waals surface area contributed by atoms with E-state index in [1.54, 1.807) is 11.3 Å². The number of thiophene rings is 1. The van der Waals surface area contributed by atoms with Crippen LogP contribution in [0.4, 0.5) is 5.13 Å². The van der Waals surface area contributed by atoms with Crippen molar-refractivity contribution in [1.29, 1.82) is 0 Å². The third kappa shape index (κ3) is 3.92. The second kappa shape index (κ2) is 7.38. The number of oxazole rings is 1. The second-order valence-corrected chi connectivity index (χ2v) is 7.96. The van der Waals surface area contributed by atoms with Gasteiger partial charge in [-0.25, -0.2) is 9.97 Å². The van der Waals surface area contributed by atoms with Crippen molar-refractivity contribution >= 4 is 56.6 Å². The highest BCUT2D eigenvalue weighted by atomic mass is 32.2. The Balaban J connectivity index is 1.29. The Bertz CT molecular complexity index is 959. The molecule has 5 nitrogen and oxygen atoms in total. The molecule has 0 saturated carbocycles. The first kappa shape index (κ1) is 16.3. The molecule has 0 radical (unpaired) electrons. The lowest BCUT2D eigenvalue weighted by atomic mass is 10.3. The number of nitrogens with one attached hydrogen (secondary N) is 1. The van der Waals surface area contributed by atoms with E-state index < -0.39 is 0 Å². The molecule has 3 aromatic heterocycles. The van der Waals surface area contributed by atoms with Crippen molar-refractivity contribution in [3.05, 3.63) is 47.2 Å².